The summed E-state index contributed by atoms with van der Waals surface area (Å²) in [6.07, 6.45) is -1.78. The predicted molar refractivity (Wildman–Crippen MR) is 166 cm³/mol. The topological polar surface area (TPSA) is 101 Å². The molecule has 0 saturated carbocycles. The number of nitriles is 1. The number of alkyl halides is 3. The van der Waals surface area contributed by atoms with Gasteiger partial charge in [0.05, 0.1) is 32.8 Å². The Balaban J connectivity index is 1.45. The van der Waals surface area contributed by atoms with Gasteiger partial charge in [-0.05, 0) is 37.4 Å². The molecule has 3 aliphatic rings. The fourth-order valence-electron chi connectivity index (χ4n) is 7.06. The van der Waals surface area contributed by atoms with Crippen LogP contribution in [0.5, 0.6) is 11.8 Å². The van der Waals surface area contributed by atoms with Crippen LogP contribution in [0.15, 0.2) is 12.1 Å². The van der Waals surface area contributed by atoms with Gasteiger partial charge in [0.1, 0.15) is 41.0 Å². The molecule has 2 N–H and O–H groups in total. The second kappa shape index (κ2) is 11.8. The van der Waals surface area contributed by atoms with Crippen LogP contribution in [0.4, 0.5) is 32.8 Å². The van der Waals surface area contributed by atoms with Crippen molar-refractivity contribution in [3.05, 3.63) is 34.4 Å². The molecule has 2 aromatic heterocycles. The number of thiophene rings is 1. The molecule has 0 bridgehead atoms. The SMILES string of the molecule is N#Cc1c(N)sc2c(F)ccc(-c3c(Cl)c4c5c(nc(OC[C@@]67CCCN6C[C@H](F)C7)nc5c3F)N(CCC(F)F)CCCO4)c12. The van der Waals surface area contributed by atoms with E-state index in [1.807, 2.05) is 6.07 Å². The lowest BCUT2D eigenvalue weighted by molar-refractivity contribution is 0.107. The number of benzene rings is 2. The van der Waals surface area contributed by atoms with Gasteiger partial charge in [-0.25, -0.2) is 22.0 Å². The van der Waals surface area contributed by atoms with E-state index in [0.717, 1.165) is 30.4 Å². The molecule has 0 spiro atoms. The molecular weight excluding hydrogens is 651 g/mol. The van der Waals surface area contributed by atoms with E-state index in [2.05, 4.69) is 14.9 Å². The lowest BCUT2D eigenvalue weighted by Gasteiger charge is -2.32. The Kier molecular flexibility index (Phi) is 7.97. The lowest BCUT2D eigenvalue weighted by atomic mass is 9.95. The van der Waals surface area contributed by atoms with Crippen molar-refractivity contribution in [3.8, 4) is 29.0 Å². The first kappa shape index (κ1) is 31.0. The van der Waals surface area contributed by atoms with Gasteiger partial charge in [-0.3, -0.25) is 4.90 Å². The third-order valence-corrected chi connectivity index (χ3v) is 10.5. The highest BCUT2D eigenvalue weighted by Crippen LogP contribution is 2.50. The molecule has 2 atom stereocenters. The first-order valence-corrected chi connectivity index (χ1v) is 16.1. The average molecular weight is 679 g/mol. The Morgan fingerprint density at radius 3 is 2.83 bits per heavy atom. The molecule has 0 unspecified atom stereocenters. The number of halogens is 6. The van der Waals surface area contributed by atoms with E-state index in [1.165, 1.54) is 6.07 Å². The lowest BCUT2D eigenvalue weighted by Crippen LogP contribution is -2.43. The van der Waals surface area contributed by atoms with E-state index in [4.69, 9.17) is 26.8 Å². The van der Waals surface area contributed by atoms with Crippen LogP contribution in [0.1, 0.15) is 37.7 Å². The van der Waals surface area contributed by atoms with Crippen molar-refractivity contribution in [1.29, 1.82) is 5.26 Å². The second-order valence-electron chi connectivity index (χ2n) is 11.9. The molecule has 2 aromatic carbocycles. The van der Waals surface area contributed by atoms with Crippen molar-refractivity contribution < 1.29 is 31.4 Å². The smallest absolute Gasteiger partial charge is 0.319 e. The number of nitrogens with zero attached hydrogens (tertiary/aromatic N) is 5. The van der Waals surface area contributed by atoms with Crippen LogP contribution in [0.25, 0.3) is 32.1 Å². The van der Waals surface area contributed by atoms with Crippen molar-refractivity contribution in [1.82, 2.24) is 14.9 Å². The van der Waals surface area contributed by atoms with E-state index in [-0.39, 0.29) is 98.0 Å². The number of hydrogen-bond acceptors (Lipinski definition) is 9. The maximum Gasteiger partial charge on any atom is 0.319 e. The molecule has 7 rings (SSSR count). The highest BCUT2D eigenvalue weighted by atomic mass is 35.5. The summed E-state index contributed by atoms with van der Waals surface area (Å²) in [5.74, 6) is -1.44. The van der Waals surface area contributed by atoms with Crippen molar-refractivity contribution in [2.24, 2.45) is 0 Å². The fraction of sp³-hybridized carbons (Fsp3) is 0.452. The Labute approximate surface area is 269 Å². The molecule has 5 heterocycles. The monoisotopic (exact) mass is 678 g/mol. The second-order valence-corrected chi connectivity index (χ2v) is 13.3. The van der Waals surface area contributed by atoms with Crippen LogP contribution in [-0.4, -0.2) is 72.4 Å². The number of rotatable bonds is 7. The van der Waals surface area contributed by atoms with Crippen LogP contribution in [0.3, 0.4) is 0 Å². The number of nitrogens with two attached hydrogens (primary N) is 1. The van der Waals surface area contributed by atoms with Gasteiger partial charge in [-0.2, -0.15) is 15.2 Å². The minimum Gasteiger partial charge on any atom is -0.491 e. The number of aromatic nitrogens is 2. The molecule has 3 aliphatic heterocycles. The third kappa shape index (κ3) is 5.03. The zero-order valence-corrected chi connectivity index (χ0v) is 26.0. The van der Waals surface area contributed by atoms with Crippen LogP contribution < -0.4 is 20.1 Å². The number of nitrogen functional groups attached to an aromatic ring is 1. The first-order chi connectivity index (χ1) is 22.1. The van der Waals surface area contributed by atoms with Crippen molar-refractivity contribution in [3.63, 3.8) is 0 Å². The van der Waals surface area contributed by atoms with Gasteiger partial charge >= 0.3 is 6.01 Å². The summed E-state index contributed by atoms with van der Waals surface area (Å²) in [5.41, 5.74) is 5.11. The standard InChI is InChI=1S/C31H28ClF5N6O2S/c32-23-21(16-3-4-18(34)27-20(16)17(12-38)28(39)46-27)24(37)25-22-26(23)44-10-2-7-42(9-5-19(35)36)29(22)41-30(40-25)45-14-31-6-1-8-43(31)13-15(33)11-31/h3-4,15,19H,1-2,5-11,13-14,39H2/t15-,31+/m1/s1. The van der Waals surface area contributed by atoms with Gasteiger partial charge in [0.25, 0.3) is 0 Å². The van der Waals surface area contributed by atoms with E-state index in [1.54, 1.807) is 4.90 Å². The van der Waals surface area contributed by atoms with Gasteiger partial charge in [0.2, 0.25) is 6.43 Å². The fourth-order valence-corrected chi connectivity index (χ4v) is 8.35. The molecular formula is C31H28ClF5N6O2S. The van der Waals surface area contributed by atoms with Crippen LogP contribution in [-0.2, 0) is 0 Å². The molecule has 15 heteroatoms. The first-order valence-electron chi connectivity index (χ1n) is 14.9. The summed E-state index contributed by atoms with van der Waals surface area (Å²) >= 11 is 7.76. The van der Waals surface area contributed by atoms with Gasteiger partial charge in [0, 0.05) is 43.4 Å². The van der Waals surface area contributed by atoms with E-state index >= 15 is 4.39 Å². The van der Waals surface area contributed by atoms with E-state index in [0.29, 0.717) is 19.4 Å². The van der Waals surface area contributed by atoms with Gasteiger partial charge in [-0.15, -0.1) is 11.3 Å². The number of anilines is 2. The van der Waals surface area contributed by atoms with Crippen LogP contribution in [0.2, 0.25) is 5.02 Å². The summed E-state index contributed by atoms with van der Waals surface area (Å²) in [7, 11) is 0. The molecule has 0 amide bonds. The van der Waals surface area contributed by atoms with E-state index in [9.17, 15) is 22.8 Å². The summed E-state index contributed by atoms with van der Waals surface area (Å²) < 4.78 is 85.3. The summed E-state index contributed by atoms with van der Waals surface area (Å²) in [5, 5.41) is 9.90. The minimum absolute atomic E-state index is 0.0205. The van der Waals surface area contributed by atoms with E-state index < -0.39 is 36.2 Å². The molecule has 2 fully saturated rings. The zero-order valence-electron chi connectivity index (χ0n) is 24.4. The Bertz CT molecular complexity index is 1900. The quantitative estimate of drug-likeness (QED) is 0.207. The Morgan fingerprint density at radius 2 is 2.04 bits per heavy atom. The maximum absolute atomic E-state index is 17.0. The number of hydrogen-bond donors (Lipinski definition) is 1. The Morgan fingerprint density at radius 1 is 1.22 bits per heavy atom. The molecule has 2 saturated heterocycles. The zero-order chi connectivity index (χ0) is 32.3. The molecule has 8 nitrogen and oxygen atoms in total. The molecule has 0 radical (unpaired) electrons. The highest BCUT2D eigenvalue weighted by Gasteiger charge is 2.49. The highest BCUT2D eigenvalue weighted by molar-refractivity contribution is 7.23. The van der Waals surface area contributed by atoms with Crippen molar-refractivity contribution >= 4 is 54.7 Å². The summed E-state index contributed by atoms with van der Waals surface area (Å²) in [6.45, 7) is 1.39. The van der Waals surface area contributed by atoms with Gasteiger partial charge in [-0.1, -0.05) is 17.7 Å². The largest absolute Gasteiger partial charge is 0.491 e. The van der Waals surface area contributed by atoms with Crippen LogP contribution >= 0.6 is 22.9 Å². The van der Waals surface area contributed by atoms with Gasteiger partial charge in [0.15, 0.2) is 11.6 Å². The normalized spacial score (nSPS) is 21.4. The average Bonchev–Trinajstić information content (AvgIpc) is 3.66. The summed E-state index contributed by atoms with van der Waals surface area (Å²) in [4.78, 5) is 12.7. The predicted octanol–water partition coefficient (Wildman–Crippen LogP) is 7.10. The molecule has 46 heavy (non-hydrogen) atoms. The van der Waals surface area contributed by atoms with Crippen LogP contribution in [0, 0.1) is 23.0 Å². The van der Waals surface area contributed by atoms with Crippen molar-refractivity contribution in [2.75, 3.05) is 50.0 Å². The van der Waals surface area contributed by atoms with Gasteiger partial charge < -0.3 is 20.1 Å². The number of ether oxygens (including phenoxy) is 2. The summed E-state index contributed by atoms with van der Waals surface area (Å²) in [6, 6.07) is 4.21. The minimum atomic E-state index is -2.59. The molecule has 0 aliphatic carbocycles. The third-order valence-electron chi connectivity index (χ3n) is 9.11. The molecule has 4 aromatic rings. The number of fused-ring (bicyclic) bond motifs is 2. The maximum atomic E-state index is 17.0. The molecule has 242 valence electrons. The van der Waals surface area contributed by atoms with Crippen molar-refractivity contribution in [2.45, 2.75) is 50.2 Å². The Hall–Kier alpha value is -3.67.